The van der Waals surface area contributed by atoms with Gasteiger partial charge in [-0.05, 0) is 80.9 Å². The molecule has 1 aromatic carbocycles. The monoisotopic (exact) mass is 392 g/mol. The number of piperidine rings is 1. The maximum absolute atomic E-state index is 11.8. The molecule has 0 radical (unpaired) electrons. The summed E-state index contributed by atoms with van der Waals surface area (Å²) in [4.78, 5) is 19.3. The van der Waals surface area contributed by atoms with E-state index in [-0.39, 0.29) is 16.5 Å². The first-order valence-corrected chi connectivity index (χ1v) is 10.4. The molecule has 0 spiro atoms. The summed E-state index contributed by atoms with van der Waals surface area (Å²) in [6.07, 6.45) is 2.29. The second-order valence-electron chi connectivity index (χ2n) is 8.40. The molecule has 1 aliphatic heterocycles. The molecule has 29 heavy (non-hydrogen) atoms. The van der Waals surface area contributed by atoms with E-state index in [1.165, 1.54) is 10.9 Å². The highest BCUT2D eigenvalue weighted by atomic mass is 16.6. The van der Waals surface area contributed by atoms with Crippen molar-refractivity contribution < 1.29 is 4.92 Å². The molecule has 3 aromatic rings. The van der Waals surface area contributed by atoms with E-state index in [0.717, 1.165) is 48.4 Å². The number of hydrogen-bond acceptors (Lipinski definition) is 4. The normalized spacial score (nSPS) is 15.3. The van der Waals surface area contributed by atoms with Crippen LogP contribution in [0.25, 0.3) is 22.2 Å². The van der Waals surface area contributed by atoms with Gasteiger partial charge in [0.1, 0.15) is 5.69 Å². The summed E-state index contributed by atoms with van der Waals surface area (Å²) >= 11 is 0. The molecule has 0 atom stereocenters. The van der Waals surface area contributed by atoms with Crippen molar-refractivity contribution in [2.24, 2.45) is 0 Å². The summed E-state index contributed by atoms with van der Waals surface area (Å²) in [6, 6.07) is 8.47. The zero-order chi connectivity index (χ0) is 20.7. The highest BCUT2D eigenvalue weighted by molar-refractivity contribution is 5.93. The predicted octanol–water partition coefficient (Wildman–Crippen LogP) is 5.35. The summed E-state index contributed by atoms with van der Waals surface area (Å²) in [5.41, 5.74) is 6.33. The maximum atomic E-state index is 11.8. The fourth-order valence-electron chi connectivity index (χ4n) is 4.69. The largest absolute Gasteiger partial charge is 0.354 e. The summed E-state index contributed by atoms with van der Waals surface area (Å²) in [7, 11) is 0. The molecule has 6 nitrogen and oxygen atoms in total. The van der Waals surface area contributed by atoms with E-state index in [4.69, 9.17) is 0 Å². The van der Waals surface area contributed by atoms with Crippen molar-refractivity contribution >= 4 is 16.6 Å². The second-order valence-corrected chi connectivity index (χ2v) is 8.40. The van der Waals surface area contributed by atoms with Crippen LogP contribution in [0.5, 0.6) is 0 Å². The average Bonchev–Trinajstić information content (AvgIpc) is 3.06. The van der Waals surface area contributed by atoms with E-state index in [9.17, 15) is 10.1 Å². The van der Waals surface area contributed by atoms with Gasteiger partial charge in [-0.3, -0.25) is 15.1 Å². The molecule has 0 aliphatic carbocycles. The highest BCUT2D eigenvalue weighted by Gasteiger charge is 2.26. The minimum atomic E-state index is -0.312. The molecule has 1 fully saturated rings. The van der Waals surface area contributed by atoms with Gasteiger partial charge in [0.05, 0.1) is 16.2 Å². The average molecular weight is 393 g/mol. The molecular weight excluding hydrogens is 364 g/mol. The van der Waals surface area contributed by atoms with Gasteiger partial charge < -0.3 is 10.3 Å². The van der Waals surface area contributed by atoms with E-state index in [0.29, 0.717) is 17.2 Å². The Hall–Kier alpha value is -2.73. The lowest BCUT2D eigenvalue weighted by Gasteiger charge is -2.23. The predicted molar refractivity (Wildman–Crippen MR) is 117 cm³/mol. The number of nitro groups is 1. The van der Waals surface area contributed by atoms with Crippen molar-refractivity contribution in [3.05, 3.63) is 56.9 Å². The Balaban J connectivity index is 1.94. The number of nitrogens with zero attached hydrogens (tertiary/aromatic N) is 2. The standard InChI is InChI=1S/C23H28N4O2/c1-13(2)21-18-12-17(16-7-9-24-10-8-16)5-6-20(18)26-22(21)19-11-14(3)25-15(4)23(19)27(28)29/h5-6,11-13,16,24,26H,7-10H2,1-4H3. The Labute approximate surface area is 170 Å². The summed E-state index contributed by atoms with van der Waals surface area (Å²) < 4.78 is 0. The summed E-state index contributed by atoms with van der Waals surface area (Å²) in [5.74, 6) is 0.800. The van der Waals surface area contributed by atoms with Crippen molar-refractivity contribution in [1.29, 1.82) is 0 Å². The Morgan fingerprint density at radius 2 is 1.90 bits per heavy atom. The van der Waals surface area contributed by atoms with Gasteiger partial charge in [0, 0.05) is 16.6 Å². The van der Waals surface area contributed by atoms with E-state index in [1.807, 2.05) is 13.0 Å². The van der Waals surface area contributed by atoms with Gasteiger partial charge in [-0.25, -0.2) is 0 Å². The van der Waals surface area contributed by atoms with Crippen molar-refractivity contribution in [3.63, 3.8) is 0 Å². The van der Waals surface area contributed by atoms with E-state index in [1.54, 1.807) is 6.92 Å². The quantitative estimate of drug-likeness (QED) is 0.463. The summed E-state index contributed by atoms with van der Waals surface area (Å²) in [5, 5.41) is 16.4. The van der Waals surface area contributed by atoms with Crippen molar-refractivity contribution in [2.75, 3.05) is 13.1 Å². The van der Waals surface area contributed by atoms with E-state index in [2.05, 4.69) is 47.3 Å². The number of benzene rings is 1. The van der Waals surface area contributed by atoms with Crippen molar-refractivity contribution in [1.82, 2.24) is 15.3 Å². The number of aryl methyl sites for hydroxylation is 2. The van der Waals surface area contributed by atoms with Crippen LogP contribution in [0.4, 0.5) is 5.69 Å². The molecule has 0 bridgehead atoms. The van der Waals surface area contributed by atoms with Crippen LogP contribution < -0.4 is 5.32 Å². The number of fused-ring (bicyclic) bond motifs is 1. The van der Waals surface area contributed by atoms with Gasteiger partial charge in [0.25, 0.3) is 5.69 Å². The number of aromatic amines is 1. The lowest BCUT2D eigenvalue weighted by molar-refractivity contribution is -0.385. The SMILES string of the molecule is Cc1cc(-c2[nH]c3ccc(C4CCNCC4)cc3c2C(C)C)c([N+](=O)[O-])c(C)n1. The molecule has 0 saturated carbocycles. The fourth-order valence-corrected chi connectivity index (χ4v) is 4.69. The smallest absolute Gasteiger partial charge is 0.299 e. The Morgan fingerprint density at radius 3 is 2.55 bits per heavy atom. The maximum Gasteiger partial charge on any atom is 0.299 e. The molecule has 0 unspecified atom stereocenters. The third-order valence-electron chi connectivity index (χ3n) is 6.00. The Kier molecular flexibility index (Phi) is 5.13. The molecule has 1 aliphatic rings. The van der Waals surface area contributed by atoms with Gasteiger partial charge in [0.2, 0.25) is 0 Å². The molecule has 0 amide bonds. The molecule has 4 rings (SSSR count). The van der Waals surface area contributed by atoms with Crippen LogP contribution in [0.2, 0.25) is 0 Å². The van der Waals surface area contributed by atoms with Gasteiger partial charge in [0.15, 0.2) is 0 Å². The number of pyridine rings is 1. The molecular formula is C23H28N4O2. The molecule has 2 aromatic heterocycles. The highest BCUT2D eigenvalue weighted by Crippen LogP contribution is 2.41. The van der Waals surface area contributed by atoms with Crippen LogP contribution in [-0.2, 0) is 0 Å². The van der Waals surface area contributed by atoms with Crippen LogP contribution in [0.3, 0.4) is 0 Å². The van der Waals surface area contributed by atoms with Crippen LogP contribution in [0.15, 0.2) is 24.3 Å². The number of aromatic nitrogens is 2. The molecule has 6 heteroatoms. The second kappa shape index (κ2) is 7.59. The van der Waals surface area contributed by atoms with Gasteiger partial charge in [-0.1, -0.05) is 19.9 Å². The van der Waals surface area contributed by atoms with E-state index >= 15 is 0 Å². The topological polar surface area (TPSA) is 83.8 Å². The van der Waals surface area contributed by atoms with Crippen LogP contribution in [-0.4, -0.2) is 28.0 Å². The lowest BCUT2D eigenvalue weighted by atomic mass is 9.88. The minimum Gasteiger partial charge on any atom is -0.354 e. The zero-order valence-electron chi connectivity index (χ0n) is 17.5. The molecule has 3 heterocycles. The Morgan fingerprint density at radius 1 is 1.17 bits per heavy atom. The fraction of sp³-hybridized carbons (Fsp3) is 0.435. The first-order chi connectivity index (χ1) is 13.9. The van der Waals surface area contributed by atoms with Gasteiger partial charge in [-0.15, -0.1) is 0 Å². The van der Waals surface area contributed by atoms with Gasteiger partial charge in [-0.2, -0.15) is 0 Å². The summed E-state index contributed by atoms with van der Waals surface area (Å²) in [6.45, 7) is 10.0. The minimum absolute atomic E-state index is 0.0858. The number of rotatable bonds is 4. The van der Waals surface area contributed by atoms with Crippen LogP contribution >= 0.6 is 0 Å². The Bertz CT molecular complexity index is 1080. The van der Waals surface area contributed by atoms with Gasteiger partial charge >= 0.3 is 0 Å². The zero-order valence-corrected chi connectivity index (χ0v) is 17.5. The number of H-pyrrole nitrogens is 1. The molecule has 1 saturated heterocycles. The van der Waals surface area contributed by atoms with Crippen molar-refractivity contribution in [2.45, 2.75) is 52.4 Å². The molecule has 152 valence electrons. The number of hydrogen-bond donors (Lipinski definition) is 2. The third kappa shape index (κ3) is 3.53. The first-order valence-electron chi connectivity index (χ1n) is 10.4. The number of nitrogens with one attached hydrogen (secondary N) is 2. The molecule has 2 N–H and O–H groups in total. The lowest BCUT2D eigenvalue weighted by Crippen LogP contribution is -2.26. The van der Waals surface area contributed by atoms with Crippen molar-refractivity contribution in [3.8, 4) is 11.3 Å². The third-order valence-corrected chi connectivity index (χ3v) is 6.00. The van der Waals surface area contributed by atoms with E-state index < -0.39 is 0 Å². The van der Waals surface area contributed by atoms with Crippen LogP contribution in [0.1, 0.15) is 61.0 Å². The first kappa shape index (κ1) is 19.6. The van der Waals surface area contributed by atoms with Crippen LogP contribution in [0, 0.1) is 24.0 Å².